The quantitative estimate of drug-likeness (QED) is 0.805. The molecule has 1 amide bonds. The highest BCUT2D eigenvalue weighted by Gasteiger charge is 2.18. The van der Waals surface area contributed by atoms with Gasteiger partial charge in [0.25, 0.3) is 5.91 Å². The summed E-state index contributed by atoms with van der Waals surface area (Å²) in [5.74, 6) is 1.31. The van der Waals surface area contributed by atoms with E-state index in [0.29, 0.717) is 18.0 Å². The molecule has 1 unspecified atom stereocenters. The van der Waals surface area contributed by atoms with Gasteiger partial charge in [-0.05, 0) is 45.8 Å². The number of carbonyl (C=O) groups excluding carboxylic acids is 1. The summed E-state index contributed by atoms with van der Waals surface area (Å²) in [4.78, 5) is 25.0. The summed E-state index contributed by atoms with van der Waals surface area (Å²) in [5.41, 5.74) is 0.527. The summed E-state index contributed by atoms with van der Waals surface area (Å²) in [6.07, 6.45) is 6.64. The molecule has 1 fully saturated rings. The fraction of sp³-hybridized carbons (Fsp3) is 0.688. The summed E-state index contributed by atoms with van der Waals surface area (Å²) in [7, 11) is 4.05. The van der Waals surface area contributed by atoms with E-state index in [1.807, 2.05) is 14.1 Å². The second-order valence-electron chi connectivity index (χ2n) is 6.38. The Morgan fingerprint density at radius 3 is 2.77 bits per heavy atom. The van der Waals surface area contributed by atoms with Crippen LogP contribution < -0.4 is 10.2 Å². The summed E-state index contributed by atoms with van der Waals surface area (Å²) in [6.45, 7) is 5.88. The van der Waals surface area contributed by atoms with Crippen LogP contribution in [-0.2, 0) is 0 Å². The van der Waals surface area contributed by atoms with Gasteiger partial charge in [-0.3, -0.25) is 4.79 Å². The normalized spacial score (nSPS) is 18.5. The number of anilines is 1. The van der Waals surface area contributed by atoms with Crippen LogP contribution in [0, 0.1) is 5.92 Å². The Kier molecular flexibility index (Phi) is 6.12. The topological polar surface area (TPSA) is 61.4 Å². The highest BCUT2D eigenvalue weighted by molar-refractivity contribution is 5.93. The third kappa shape index (κ3) is 4.94. The molecule has 0 saturated carbocycles. The van der Waals surface area contributed by atoms with E-state index in [2.05, 4.69) is 32.0 Å². The molecule has 1 aliphatic heterocycles. The number of rotatable bonds is 6. The third-order valence-electron chi connectivity index (χ3n) is 3.91. The van der Waals surface area contributed by atoms with Crippen LogP contribution in [0.2, 0.25) is 0 Å². The molecule has 1 atom stereocenters. The lowest BCUT2D eigenvalue weighted by Crippen LogP contribution is -2.35. The average molecular weight is 305 g/mol. The van der Waals surface area contributed by atoms with E-state index < -0.39 is 0 Å². The molecule has 1 aliphatic rings. The number of hydrogen-bond acceptors (Lipinski definition) is 5. The number of amides is 1. The van der Waals surface area contributed by atoms with Gasteiger partial charge in [-0.15, -0.1) is 0 Å². The van der Waals surface area contributed by atoms with Crippen molar-refractivity contribution in [2.24, 2.45) is 5.92 Å². The van der Waals surface area contributed by atoms with Crippen LogP contribution in [0.5, 0.6) is 0 Å². The Balaban J connectivity index is 1.84. The van der Waals surface area contributed by atoms with E-state index in [9.17, 15) is 4.79 Å². The van der Waals surface area contributed by atoms with E-state index in [1.165, 1.54) is 12.8 Å². The lowest BCUT2D eigenvalue weighted by atomic mass is 10.0. The van der Waals surface area contributed by atoms with Gasteiger partial charge in [0.05, 0.1) is 5.56 Å². The molecule has 0 aliphatic carbocycles. The molecule has 6 nitrogen and oxygen atoms in total. The molecule has 1 saturated heterocycles. The Morgan fingerprint density at radius 1 is 1.41 bits per heavy atom. The number of nitrogens with zero attached hydrogens (tertiary/aromatic N) is 4. The van der Waals surface area contributed by atoms with E-state index in [1.54, 1.807) is 12.4 Å². The van der Waals surface area contributed by atoms with Crippen molar-refractivity contribution in [1.29, 1.82) is 0 Å². The molecule has 1 N–H and O–H groups in total. The first-order valence-electron chi connectivity index (χ1n) is 8.06. The van der Waals surface area contributed by atoms with Crippen molar-refractivity contribution in [1.82, 2.24) is 20.2 Å². The Morgan fingerprint density at radius 2 is 2.14 bits per heavy atom. The Labute approximate surface area is 132 Å². The minimum absolute atomic E-state index is 0.0997. The molecule has 2 rings (SSSR count). The molecule has 1 aromatic heterocycles. The predicted molar refractivity (Wildman–Crippen MR) is 88.1 cm³/mol. The maximum absolute atomic E-state index is 12.0. The van der Waals surface area contributed by atoms with Crippen LogP contribution in [0.15, 0.2) is 12.4 Å². The molecule has 1 aromatic rings. The Bertz CT molecular complexity index is 474. The highest BCUT2D eigenvalue weighted by Crippen LogP contribution is 2.19. The van der Waals surface area contributed by atoms with Crippen LogP contribution in [-0.4, -0.2) is 61.0 Å². The molecule has 22 heavy (non-hydrogen) atoms. The number of nitrogens with one attached hydrogen (secondary N) is 1. The fourth-order valence-corrected chi connectivity index (χ4v) is 2.67. The monoisotopic (exact) mass is 305 g/mol. The molecule has 0 radical (unpaired) electrons. The molecule has 0 spiro atoms. The van der Waals surface area contributed by atoms with Crippen LogP contribution in [0.4, 0.5) is 5.95 Å². The molecule has 0 bridgehead atoms. The standard InChI is InChI=1S/C16H27N5O/c1-13-6-4-9-21(12-13)16-18-10-14(11-19-16)15(22)17-7-5-8-20(2)3/h10-11,13H,4-9,12H2,1-3H3,(H,17,22). The number of carbonyl (C=O) groups is 1. The molecule has 6 heteroatoms. The van der Waals surface area contributed by atoms with Crippen molar-refractivity contribution in [3.63, 3.8) is 0 Å². The van der Waals surface area contributed by atoms with Crippen molar-refractivity contribution in [3.05, 3.63) is 18.0 Å². The van der Waals surface area contributed by atoms with Crippen LogP contribution >= 0.6 is 0 Å². The van der Waals surface area contributed by atoms with Gasteiger partial charge in [0.15, 0.2) is 0 Å². The van der Waals surface area contributed by atoms with Crippen molar-refractivity contribution in [3.8, 4) is 0 Å². The Hall–Kier alpha value is -1.69. The largest absolute Gasteiger partial charge is 0.352 e. The maximum Gasteiger partial charge on any atom is 0.254 e. The zero-order valence-electron chi connectivity index (χ0n) is 13.9. The van der Waals surface area contributed by atoms with Crippen LogP contribution in [0.3, 0.4) is 0 Å². The maximum atomic E-state index is 12.0. The van der Waals surface area contributed by atoms with E-state index in [4.69, 9.17) is 0 Å². The highest BCUT2D eigenvalue weighted by atomic mass is 16.1. The zero-order chi connectivity index (χ0) is 15.9. The minimum atomic E-state index is -0.0997. The summed E-state index contributed by atoms with van der Waals surface area (Å²) < 4.78 is 0. The van der Waals surface area contributed by atoms with Crippen LogP contribution in [0.25, 0.3) is 0 Å². The van der Waals surface area contributed by atoms with Crippen LogP contribution in [0.1, 0.15) is 36.5 Å². The lowest BCUT2D eigenvalue weighted by molar-refractivity contribution is 0.0951. The van der Waals surface area contributed by atoms with Gasteiger partial charge < -0.3 is 15.1 Å². The molecule has 0 aromatic carbocycles. The average Bonchev–Trinajstić information content (AvgIpc) is 2.51. The summed E-state index contributed by atoms with van der Waals surface area (Å²) in [5, 5.41) is 2.90. The third-order valence-corrected chi connectivity index (χ3v) is 3.91. The summed E-state index contributed by atoms with van der Waals surface area (Å²) >= 11 is 0. The number of aromatic nitrogens is 2. The SMILES string of the molecule is CC1CCCN(c2ncc(C(=O)NCCCN(C)C)cn2)C1. The second-order valence-corrected chi connectivity index (χ2v) is 6.38. The second kappa shape index (κ2) is 8.08. The van der Waals surface area contributed by atoms with Crippen molar-refractivity contribution >= 4 is 11.9 Å². The van der Waals surface area contributed by atoms with Crippen molar-refractivity contribution < 1.29 is 4.79 Å². The van der Waals surface area contributed by atoms with Gasteiger partial charge in [0.1, 0.15) is 0 Å². The summed E-state index contributed by atoms with van der Waals surface area (Å²) in [6, 6.07) is 0. The first kappa shape index (κ1) is 16.7. The van der Waals surface area contributed by atoms with Crippen molar-refractivity contribution in [2.45, 2.75) is 26.2 Å². The molecular weight excluding hydrogens is 278 g/mol. The van der Waals surface area contributed by atoms with Gasteiger partial charge in [-0.1, -0.05) is 6.92 Å². The first-order valence-corrected chi connectivity index (χ1v) is 8.06. The smallest absolute Gasteiger partial charge is 0.254 e. The van der Waals surface area contributed by atoms with E-state index in [0.717, 1.165) is 32.0 Å². The fourth-order valence-electron chi connectivity index (χ4n) is 2.67. The van der Waals surface area contributed by atoms with E-state index in [-0.39, 0.29) is 5.91 Å². The molecular formula is C16H27N5O. The van der Waals surface area contributed by atoms with Gasteiger partial charge >= 0.3 is 0 Å². The molecule has 122 valence electrons. The lowest BCUT2D eigenvalue weighted by Gasteiger charge is -2.30. The minimum Gasteiger partial charge on any atom is -0.352 e. The number of piperidine rings is 1. The van der Waals surface area contributed by atoms with Gasteiger partial charge in [-0.2, -0.15) is 0 Å². The predicted octanol–water partition coefficient (Wildman–Crippen LogP) is 1.39. The van der Waals surface area contributed by atoms with Gasteiger partial charge in [-0.25, -0.2) is 9.97 Å². The zero-order valence-corrected chi connectivity index (χ0v) is 13.9. The number of hydrogen-bond donors (Lipinski definition) is 1. The van der Waals surface area contributed by atoms with Crippen molar-refractivity contribution in [2.75, 3.05) is 45.2 Å². The molecule has 2 heterocycles. The van der Waals surface area contributed by atoms with Gasteiger partial charge in [0.2, 0.25) is 5.95 Å². The van der Waals surface area contributed by atoms with E-state index >= 15 is 0 Å². The van der Waals surface area contributed by atoms with Gasteiger partial charge in [0, 0.05) is 32.0 Å². The first-order chi connectivity index (χ1) is 10.6.